The van der Waals surface area contributed by atoms with Gasteiger partial charge in [-0.25, -0.2) is 4.98 Å². The van der Waals surface area contributed by atoms with Crippen molar-refractivity contribution in [3.05, 3.63) is 126 Å². The van der Waals surface area contributed by atoms with E-state index in [-0.39, 0.29) is 5.41 Å². The maximum absolute atomic E-state index is 5.03. The zero-order valence-corrected chi connectivity index (χ0v) is 18.9. The summed E-state index contributed by atoms with van der Waals surface area (Å²) in [4.78, 5) is 5.03. The molecule has 158 valence electrons. The summed E-state index contributed by atoms with van der Waals surface area (Å²) in [5, 5.41) is 0. The Kier molecular flexibility index (Phi) is 4.52. The van der Waals surface area contributed by atoms with Gasteiger partial charge in [0.05, 0.1) is 11.4 Å². The summed E-state index contributed by atoms with van der Waals surface area (Å²) in [5.41, 5.74) is 12.2. The molecular weight excluding hydrogens is 398 g/mol. The number of hydrogen-bond donors (Lipinski definition) is 0. The number of fused-ring (bicyclic) bond motifs is 3. The van der Waals surface area contributed by atoms with Crippen molar-refractivity contribution >= 4 is 0 Å². The number of rotatable bonds is 3. The van der Waals surface area contributed by atoms with Crippen LogP contribution in [0.15, 0.2) is 115 Å². The van der Waals surface area contributed by atoms with Crippen molar-refractivity contribution in [2.24, 2.45) is 0 Å². The highest BCUT2D eigenvalue weighted by molar-refractivity contribution is 5.85. The highest BCUT2D eigenvalue weighted by Gasteiger charge is 2.35. The quantitative estimate of drug-likeness (QED) is 0.284. The molecule has 0 saturated heterocycles. The minimum Gasteiger partial charge on any atom is -0.248 e. The predicted molar refractivity (Wildman–Crippen MR) is 138 cm³/mol. The highest BCUT2D eigenvalue weighted by atomic mass is 14.7. The van der Waals surface area contributed by atoms with Gasteiger partial charge in [-0.3, -0.25) is 0 Å². The molecule has 6 rings (SSSR count). The lowest BCUT2D eigenvalue weighted by molar-refractivity contribution is 0.660. The normalized spacial score (nSPS) is 13.4. The molecule has 0 aliphatic heterocycles. The SMILES string of the molecule is CC1(C)c2ccccc2-c2ccc(-c3cc(-c4ccccc4)nc(-c4ccccc4)c3)cc21. The molecule has 33 heavy (non-hydrogen) atoms. The maximum Gasteiger partial charge on any atom is 0.0715 e. The smallest absolute Gasteiger partial charge is 0.0715 e. The van der Waals surface area contributed by atoms with Crippen LogP contribution in [0.2, 0.25) is 0 Å². The van der Waals surface area contributed by atoms with Crippen molar-refractivity contribution in [2.75, 3.05) is 0 Å². The Balaban J connectivity index is 1.54. The molecule has 1 heteroatoms. The van der Waals surface area contributed by atoms with E-state index in [1.807, 2.05) is 12.1 Å². The second-order valence-electron chi connectivity index (χ2n) is 9.29. The van der Waals surface area contributed by atoms with Gasteiger partial charge in [-0.15, -0.1) is 0 Å². The molecule has 5 aromatic rings. The van der Waals surface area contributed by atoms with E-state index >= 15 is 0 Å². The van der Waals surface area contributed by atoms with E-state index in [4.69, 9.17) is 4.98 Å². The molecule has 0 atom stereocenters. The molecule has 4 aromatic carbocycles. The molecule has 1 aliphatic rings. The number of hydrogen-bond acceptors (Lipinski definition) is 1. The summed E-state index contributed by atoms with van der Waals surface area (Å²) in [5.74, 6) is 0. The summed E-state index contributed by atoms with van der Waals surface area (Å²) in [6.45, 7) is 4.66. The molecule has 0 N–H and O–H groups in total. The molecule has 1 heterocycles. The molecular formula is C32H25N. The van der Waals surface area contributed by atoms with Gasteiger partial charge in [0, 0.05) is 16.5 Å². The standard InChI is InChI=1S/C32H25N/c1-32(2)28-16-10-9-15-26(28)27-18-17-24(19-29(27)32)25-20-30(22-11-5-3-6-12-22)33-31(21-25)23-13-7-4-8-14-23/h3-21H,1-2H3. The van der Waals surface area contributed by atoms with Gasteiger partial charge >= 0.3 is 0 Å². The molecule has 0 bridgehead atoms. The summed E-state index contributed by atoms with van der Waals surface area (Å²) >= 11 is 0. The van der Waals surface area contributed by atoms with Gasteiger partial charge in [-0.05, 0) is 51.6 Å². The molecule has 1 aromatic heterocycles. The monoisotopic (exact) mass is 423 g/mol. The fourth-order valence-corrected chi connectivity index (χ4v) is 5.09. The van der Waals surface area contributed by atoms with Crippen LogP contribution >= 0.6 is 0 Å². The molecule has 1 aliphatic carbocycles. The summed E-state index contributed by atoms with van der Waals surface area (Å²) in [7, 11) is 0. The van der Waals surface area contributed by atoms with Gasteiger partial charge in [0.15, 0.2) is 0 Å². The van der Waals surface area contributed by atoms with E-state index in [1.165, 1.54) is 33.4 Å². The number of nitrogens with zero attached hydrogens (tertiary/aromatic N) is 1. The minimum absolute atomic E-state index is 0.0144. The van der Waals surface area contributed by atoms with Gasteiger partial charge in [-0.1, -0.05) is 111 Å². The van der Waals surface area contributed by atoms with Crippen LogP contribution in [0.25, 0.3) is 44.8 Å². The third-order valence-corrected chi connectivity index (χ3v) is 6.88. The zero-order valence-electron chi connectivity index (χ0n) is 18.9. The van der Waals surface area contributed by atoms with Gasteiger partial charge < -0.3 is 0 Å². The van der Waals surface area contributed by atoms with Crippen LogP contribution in [0.3, 0.4) is 0 Å². The lowest BCUT2D eigenvalue weighted by atomic mass is 9.81. The third-order valence-electron chi connectivity index (χ3n) is 6.88. The first-order valence-electron chi connectivity index (χ1n) is 11.5. The topological polar surface area (TPSA) is 12.9 Å². The van der Waals surface area contributed by atoms with Crippen molar-refractivity contribution in [1.29, 1.82) is 0 Å². The Bertz CT molecular complexity index is 1410. The van der Waals surface area contributed by atoms with E-state index < -0.39 is 0 Å². The lowest BCUT2D eigenvalue weighted by Crippen LogP contribution is -2.14. The fraction of sp³-hybridized carbons (Fsp3) is 0.0938. The van der Waals surface area contributed by atoms with Crippen LogP contribution in [-0.2, 0) is 5.41 Å². The molecule has 0 amide bonds. The van der Waals surface area contributed by atoms with Crippen LogP contribution in [0, 0.1) is 0 Å². The number of benzene rings is 4. The first-order chi connectivity index (χ1) is 16.1. The minimum atomic E-state index is -0.0144. The number of pyridine rings is 1. The third kappa shape index (κ3) is 3.29. The van der Waals surface area contributed by atoms with E-state index in [9.17, 15) is 0 Å². The largest absolute Gasteiger partial charge is 0.248 e. The van der Waals surface area contributed by atoms with Gasteiger partial charge in [-0.2, -0.15) is 0 Å². The maximum atomic E-state index is 5.03. The molecule has 0 saturated carbocycles. The average molecular weight is 424 g/mol. The van der Waals surface area contributed by atoms with Crippen molar-refractivity contribution in [2.45, 2.75) is 19.3 Å². The van der Waals surface area contributed by atoms with Gasteiger partial charge in [0.2, 0.25) is 0 Å². The summed E-state index contributed by atoms with van der Waals surface area (Å²) < 4.78 is 0. The van der Waals surface area contributed by atoms with Crippen LogP contribution in [0.5, 0.6) is 0 Å². The lowest BCUT2D eigenvalue weighted by Gasteiger charge is -2.22. The molecule has 0 radical (unpaired) electrons. The highest BCUT2D eigenvalue weighted by Crippen LogP contribution is 2.49. The Morgan fingerprint density at radius 3 is 1.64 bits per heavy atom. The Hall–Kier alpha value is -3.97. The van der Waals surface area contributed by atoms with E-state index in [0.717, 1.165) is 22.5 Å². The second kappa shape index (κ2) is 7.56. The Morgan fingerprint density at radius 2 is 1.00 bits per heavy atom. The first-order valence-corrected chi connectivity index (χ1v) is 11.5. The molecule has 0 spiro atoms. The number of aromatic nitrogens is 1. The fourth-order valence-electron chi connectivity index (χ4n) is 5.09. The average Bonchev–Trinajstić information content (AvgIpc) is 3.11. The van der Waals surface area contributed by atoms with E-state index in [1.54, 1.807) is 0 Å². The zero-order chi connectivity index (χ0) is 22.4. The van der Waals surface area contributed by atoms with Crippen LogP contribution < -0.4 is 0 Å². The van der Waals surface area contributed by atoms with Crippen molar-refractivity contribution in [1.82, 2.24) is 4.98 Å². The summed E-state index contributed by atoms with van der Waals surface area (Å²) in [6, 6.07) is 41.1. The van der Waals surface area contributed by atoms with Crippen molar-refractivity contribution in [3.63, 3.8) is 0 Å². The Morgan fingerprint density at radius 1 is 0.455 bits per heavy atom. The molecule has 1 nitrogen and oxygen atoms in total. The van der Waals surface area contributed by atoms with E-state index in [2.05, 4.69) is 117 Å². The second-order valence-corrected chi connectivity index (χ2v) is 9.29. The first kappa shape index (κ1) is 19.7. The van der Waals surface area contributed by atoms with Crippen molar-refractivity contribution < 1.29 is 0 Å². The van der Waals surface area contributed by atoms with Crippen LogP contribution in [0.4, 0.5) is 0 Å². The molecule has 0 fully saturated rings. The van der Waals surface area contributed by atoms with Gasteiger partial charge in [0.25, 0.3) is 0 Å². The van der Waals surface area contributed by atoms with Gasteiger partial charge in [0.1, 0.15) is 0 Å². The van der Waals surface area contributed by atoms with Crippen LogP contribution in [0.1, 0.15) is 25.0 Å². The van der Waals surface area contributed by atoms with E-state index in [0.29, 0.717) is 0 Å². The predicted octanol–water partition coefficient (Wildman–Crippen LogP) is 8.39. The Labute approximate surface area is 195 Å². The van der Waals surface area contributed by atoms with Crippen LogP contribution in [-0.4, -0.2) is 4.98 Å². The van der Waals surface area contributed by atoms with Crippen molar-refractivity contribution in [3.8, 4) is 44.8 Å². The summed E-state index contributed by atoms with van der Waals surface area (Å²) in [6.07, 6.45) is 0. The molecule has 0 unspecified atom stereocenters.